The number of ether oxygens (including phenoxy) is 1. The van der Waals surface area contributed by atoms with E-state index in [9.17, 15) is 0 Å². The first-order chi connectivity index (χ1) is 7.15. The van der Waals surface area contributed by atoms with Gasteiger partial charge in [-0.3, -0.25) is 0 Å². The normalized spacial score (nSPS) is 13.4. The third-order valence-electron chi connectivity index (χ3n) is 2.12. The van der Waals surface area contributed by atoms with Crippen LogP contribution in [0.3, 0.4) is 0 Å². The minimum Gasteiger partial charge on any atom is -0.369 e. The van der Waals surface area contributed by atoms with Gasteiger partial charge in [0.15, 0.2) is 5.82 Å². The van der Waals surface area contributed by atoms with Crippen molar-refractivity contribution in [3.8, 4) is 0 Å². The molecule has 0 radical (unpaired) electrons. The van der Waals surface area contributed by atoms with Gasteiger partial charge in [0.2, 0.25) is 0 Å². The second kappa shape index (κ2) is 5.82. The number of aromatic nitrogens is 3. The zero-order valence-corrected chi connectivity index (χ0v) is 9.90. The Morgan fingerprint density at radius 1 is 1.47 bits per heavy atom. The SMILES string of the molecule is CNCC(C)OCc1ncnn1C(C)C. The molecule has 0 aliphatic heterocycles. The molecule has 5 heteroatoms. The van der Waals surface area contributed by atoms with Gasteiger partial charge in [-0.25, -0.2) is 9.67 Å². The van der Waals surface area contributed by atoms with Gasteiger partial charge in [-0.05, 0) is 27.8 Å². The summed E-state index contributed by atoms with van der Waals surface area (Å²) in [5, 5.41) is 7.22. The molecule has 0 saturated heterocycles. The van der Waals surface area contributed by atoms with Crippen molar-refractivity contribution in [2.75, 3.05) is 13.6 Å². The van der Waals surface area contributed by atoms with E-state index < -0.39 is 0 Å². The van der Waals surface area contributed by atoms with Crippen molar-refractivity contribution in [2.45, 2.75) is 39.5 Å². The fraction of sp³-hybridized carbons (Fsp3) is 0.800. The minimum absolute atomic E-state index is 0.187. The summed E-state index contributed by atoms with van der Waals surface area (Å²) in [4.78, 5) is 4.18. The number of hydrogen-bond donors (Lipinski definition) is 1. The molecule has 15 heavy (non-hydrogen) atoms. The Morgan fingerprint density at radius 2 is 2.20 bits per heavy atom. The summed E-state index contributed by atoms with van der Waals surface area (Å²) in [7, 11) is 1.91. The highest BCUT2D eigenvalue weighted by molar-refractivity contribution is 4.83. The largest absolute Gasteiger partial charge is 0.369 e. The first kappa shape index (κ1) is 12.1. The smallest absolute Gasteiger partial charge is 0.153 e. The van der Waals surface area contributed by atoms with Gasteiger partial charge in [-0.2, -0.15) is 5.10 Å². The van der Waals surface area contributed by atoms with E-state index in [-0.39, 0.29) is 6.10 Å². The number of nitrogens with one attached hydrogen (secondary N) is 1. The molecule has 0 saturated carbocycles. The Kier molecular flexibility index (Phi) is 4.71. The van der Waals surface area contributed by atoms with Gasteiger partial charge in [-0.15, -0.1) is 0 Å². The van der Waals surface area contributed by atoms with Crippen LogP contribution in [0.15, 0.2) is 6.33 Å². The molecular weight excluding hydrogens is 192 g/mol. The zero-order chi connectivity index (χ0) is 11.3. The molecule has 0 aliphatic rings. The Hall–Kier alpha value is -0.940. The molecule has 1 aromatic rings. The van der Waals surface area contributed by atoms with Gasteiger partial charge in [0.25, 0.3) is 0 Å². The van der Waals surface area contributed by atoms with Gasteiger partial charge in [0.1, 0.15) is 12.9 Å². The van der Waals surface area contributed by atoms with Crippen LogP contribution in [-0.4, -0.2) is 34.5 Å². The monoisotopic (exact) mass is 212 g/mol. The predicted octanol–water partition coefficient (Wildman–Crippen LogP) is 0.983. The van der Waals surface area contributed by atoms with E-state index in [0.29, 0.717) is 12.6 Å². The van der Waals surface area contributed by atoms with Crippen LogP contribution in [0.1, 0.15) is 32.6 Å². The topological polar surface area (TPSA) is 52.0 Å². The number of hydrogen-bond acceptors (Lipinski definition) is 4. The second-order valence-electron chi connectivity index (χ2n) is 3.89. The average molecular weight is 212 g/mol. The van der Waals surface area contributed by atoms with Crippen LogP contribution in [0.25, 0.3) is 0 Å². The van der Waals surface area contributed by atoms with Gasteiger partial charge >= 0.3 is 0 Å². The standard InChI is InChI=1S/C10H20N4O/c1-8(2)14-10(12-7-13-14)6-15-9(3)5-11-4/h7-9,11H,5-6H2,1-4H3. The van der Waals surface area contributed by atoms with Gasteiger partial charge in [0.05, 0.1) is 6.10 Å². The number of likely N-dealkylation sites (N-methyl/N-ethyl adjacent to an activating group) is 1. The Balaban J connectivity index is 2.46. The quantitative estimate of drug-likeness (QED) is 0.764. The third-order valence-corrected chi connectivity index (χ3v) is 2.12. The molecule has 0 fully saturated rings. The Labute approximate surface area is 90.8 Å². The fourth-order valence-electron chi connectivity index (χ4n) is 1.37. The van der Waals surface area contributed by atoms with Crippen molar-refractivity contribution < 1.29 is 4.74 Å². The average Bonchev–Trinajstić information content (AvgIpc) is 2.63. The molecule has 1 N–H and O–H groups in total. The molecule has 0 aliphatic carbocycles. The number of nitrogens with zero attached hydrogens (tertiary/aromatic N) is 3. The zero-order valence-electron chi connectivity index (χ0n) is 9.90. The minimum atomic E-state index is 0.187. The first-order valence-electron chi connectivity index (χ1n) is 5.29. The van der Waals surface area contributed by atoms with E-state index in [4.69, 9.17) is 4.74 Å². The van der Waals surface area contributed by atoms with Gasteiger partial charge in [0, 0.05) is 12.6 Å². The first-order valence-corrected chi connectivity index (χ1v) is 5.29. The van der Waals surface area contributed by atoms with Crippen molar-refractivity contribution >= 4 is 0 Å². The van der Waals surface area contributed by atoms with Crippen LogP contribution in [0.2, 0.25) is 0 Å². The summed E-state index contributed by atoms with van der Waals surface area (Å²) in [6.45, 7) is 7.55. The molecule has 1 unspecified atom stereocenters. The molecule has 0 bridgehead atoms. The lowest BCUT2D eigenvalue weighted by molar-refractivity contribution is 0.0476. The van der Waals surface area contributed by atoms with Crippen molar-refractivity contribution in [3.63, 3.8) is 0 Å². The number of rotatable bonds is 6. The molecular formula is C10H20N4O. The van der Waals surface area contributed by atoms with Crippen LogP contribution >= 0.6 is 0 Å². The molecule has 0 spiro atoms. The van der Waals surface area contributed by atoms with E-state index in [1.165, 1.54) is 0 Å². The van der Waals surface area contributed by atoms with Gasteiger partial charge in [-0.1, -0.05) is 0 Å². The lowest BCUT2D eigenvalue weighted by Gasteiger charge is -2.13. The predicted molar refractivity (Wildman–Crippen MR) is 58.6 cm³/mol. The summed E-state index contributed by atoms with van der Waals surface area (Å²) < 4.78 is 7.51. The Morgan fingerprint density at radius 3 is 2.80 bits per heavy atom. The van der Waals surface area contributed by atoms with Crippen molar-refractivity contribution in [1.29, 1.82) is 0 Å². The summed E-state index contributed by atoms with van der Waals surface area (Å²) >= 11 is 0. The second-order valence-corrected chi connectivity index (χ2v) is 3.89. The van der Waals surface area contributed by atoms with Crippen LogP contribution < -0.4 is 5.32 Å². The highest BCUT2D eigenvalue weighted by atomic mass is 16.5. The summed E-state index contributed by atoms with van der Waals surface area (Å²) in [6, 6.07) is 0.325. The lowest BCUT2D eigenvalue weighted by Crippen LogP contribution is -2.24. The van der Waals surface area contributed by atoms with E-state index in [2.05, 4.69) is 29.2 Å². The molecule has 1 aromatic heterocycles. The lowest BCUT2D eigenvalue weighted by atomic mass is 10.4. The maximum atomic E-state index is 5.63. The van der Waals surface area contributed by atoms with Crippen molar-refractivity contribution in [2.24, 2.45) is 0 Å². The van der Waals surface area contributed by atoms with E-state index in [1.807, 2.05) is 18.7 Å². The molecule has 1 atom stereocenters. The van der Waals surface area contributed by atoms with Crippen molar-refractivity contribution in [1.82, 2.24) is 20.1 Å². The van der Waals surface area contributed by atoms with Crippen LogP contribution in [-0.2, 0) is 11.3 Å². The third kappa shape index (κ3) is 3.60. The molecule has 0 aromatic carbocycles. The van der Waals surface area contributed by atoms with Crippen LogP contribution in [0, 0.1) is 0 Å². The van der Waals surface area contributed by atoms with E-state index >= 15 is 0 Å². The fourth-order valence-corrected chi connectivity index (χ4v) is 1.37. The van der Waals surface area contributed by atoms with E-state index in [0.717, 1.165) is 12.4 Å². The maximum Gasteiger partial charge on any atom is 0.153 e. The molecule has 1 heterocycles. The van der Waals surface area contributed by atoms with E-state index in [1.54, 1.807) is 6.33 Å². The maximum absolute atomic E-state index is 5.63. The molecule has 0 amide bonds. The Bertz CT molecular complexity index is 285. The molecule has 1 rings (SSSR count). The summed E-state index contributed by atoms with van der Waals surface area (Å²) in [5.74, 6) is 0.882. The summed E-state index contributed by atoms with van der Waals surface area (Å²) in [6.07, 6.45) is 1.76. The highest BCUT2D eigenvalue weighted by Gasteiger charge is 2.09. The van der Waals surface area contributed by atoms with Crippen LogP contribution in [0.4, 0.5) is 0 Å². The van der Waals surface area contributed by atoms with Crippen molar-refractivity contribution in [3.05, 3.63) is 12.2 Å². The molecule has 5 nitrogen and oxygen atoms in total. The summed E-state index contributed by atoms with van der Waals surface area (Å²) in [5.41, 5.74) is 0. The molecule has 86 valence electrons. The van der Waals surface area contributed by atoms with Gasteiger partial charge < -0.3 is 10.1 Å². The highest BCUT2D eigenvalue weighted by Crippen LogP contribution is 2.07. The van der Waals surface area contributed by atoms with Crippen LogP contribution in [0.5, 0.6) is 0 Å².